The van der Waals surface area contributed by atoms with Crippen molar-refractivity contribution in [2.75, 3.05) is 0 Å². The third kappa shape index (κ3) is 3.11. The van der Waals surface area contributed by atoms with Crippen LogP contribution in [0.3, 0.4) is 0 Å². The third-order valence-electron chi connectivity index (χ3n) is 3.87. The number of aryl methyl sites for hydroxylation is 1. The molecular weight excluding hydrogens is 200 g/mol. The highest BCUT2D eigenvalue weighted by Gasteiger charge is 2.24. The smallest absolute Gasteiger partial charge is 0.103 e. The molecule has 1 saturated carbocycles. The van der Waals surface area contributed by atoms with Crippen LogP contribution in [0.15, 0.2) is 22.8 Å². The maximum atomic E-state index is 10.1. The first-order valence-corrected chi connectivity index (χ1v) is 6.46. The Hall–Kier alpha value is -0.760. The van der Waals surface area contributed by atoms with Crippen LogP contribution in [0, 0.1) is 11.8 Å². The molecule has 16 heavy (non-hydrogen) atoms. The van der Waals surface area contributed by atoms with Gasteiger partial charge in [0.15, 0.2) is 0 Å². The van der Waals surface area contributed by atoms with Gasteiger partial charge in [0.1, 0.15) is 5.76 Å². The molecule has 0 saturated heterocycles. The van der Waals surface area contributed by atoms with Crippen LogP contribution in [0.1, 0.15) is 44.8 Å². The van der Waals surface area contributed by atoms with Crippen molar-refractivity contribution in [3.05, 3.63) is 24.2 Å². The number of hydrogen-bond donors (Lipinski definition) is 1. The van der Waals surface area contributed by atoms with Gasteiger partial charge in [-0.15, -0.1) is 0 Å². The van der Waals surface area contributed by atoms with Crippen LogP contribution in [0.4, 0.5) is 0 Å². The fourth-order valence-electron chi connectivity index (χ4n) is 2.65. The van der Waals surface area contributed by atoms with Crippen molar-refractivity contribution in [2.45, 2.75) is 51.6 Å². The summed E-state index contributed by atoms with van der Waals surface area (Å²) in [6.45, 7) is 2.31. The van der Waals surface area contributed by atoms with Crippen molar-refractivity contribution in [3.63, 3.8) is 0 Å². The largest absolute Gasteiger partial charge is 0.469 e. The number of furan rings is 1. The fourth-order valence-corrected chi connectivity index (χ4v) is 2.65. The predicted octanol–water partition coefficient (Wildman–Crippen LogP) is 3.40. The minimum absolute atomic E-state index is 0.141. The Kier molecular flexibility index (Phi) is 4.05. The van der Waals surface area contributed by atoms with E-state index in [9.17, 15) is 5.11 Å². The third-order valence-corrected chi connectivity index (χ3v) is 3.87. The molecule has 90 valence electrons. The molecule has 2 heteroatoms. The zero-order valence-corrected chi connectivity index (χ0v) is 10.1. The Morgan fingerprint density at radius 3 is 2.75 bits per heavy atom. The van der Waals surface area contributed by atoms with Gasteiger partial charge in [0.2, 0.25) is 0 Å². The average molecular weight is 222 g/mol. The number of aliphatic hydroxyl groups excluding tert-OH is 1. The van der Waals surface area contributed by atoms with Gasteiger partial charge in [-0.2, -0.15) is 0 Å². The summed E-state index contributed by atoms with van der Waals surface area (Å²) in [5.74, 6) is 2.36. The molecule has 1 N–H and O–H groups in total. The summed E-state index contributed by atoms with van der Waals surface area (Å²) in [5, 5.41) is 10.1. The molecule has 0 aliphatic heterocycles. The molecule has 1 atom stereocenters. The molecule has 1 aliphatic rings. The summed E-state index contributed by atoms with van der Waals surface area (Å²) in [4.78, 5) is 0. The second kappa shape index (κ2) is 5.53. The van der Waals surface area contributed by atoms with Crippen LogP contribution in [0.25, 0.3) is 0 Å². The van der Waals surface area contributed by atoms with Crippen molar-refractivity contribution in [3.8, 4) is 0 Å². The predicted molar refractivity (Wildman–Crippen MR) is 64.2 cm³/mol. The van der Waals surface area contributed by atoms with Crippen LogP contribution in [0.5, 0.6) is 0 Å². The Labute approximate surface area is 97.7 Å². The monoisotopic (exact) mass is 222 g/mol. The van der Waals surface area contributed by atoms with Gasteiger partial charge in [-0.3, -0.25) is 0 Å². The van der Waals surface area contributed by atoms with Crippen molar-refractivity contribution < 1.29 is 9.52 Å². The SMILES string of the molecule is CC1CCC(C(O)CCc2ccco2)CC1. The molecule has 1 fully saturated rings. The molecule has 0 amide bonds. The second-order valence-electron chi connectivity index (χ2n) is 5.21. The van der Waals surface area contributed by atoms with Gasteiger partial charge in [-0.05, 0) is 43.2 Å². The lowest BCUT2D eigenvalue weighted by Crippen LogP contribution is -2.25. The van der Waals surface area contributed by atoms with Crippen molar-refractivity contribution >= 4 is 0 Å². The van der Waals surface area contributed by atoms with Crippen molar-refractivity contribution in [2.24, 2.45) is 11.8 Å². The van der Waals surface area contributed by atoms with Crippen LogP contribution in [-0.2, 0) is 6.42 Å². The number of hydrogen-bond acceptors (Lipinski definition) is 2. The van der Waals surface area contributed by atoms with Crippen LogP contribution >= 0.6 is 0 Å². The summed E-state index contributed by atoms with van der Waals surface area (Å²) in [6, 6.07) is 3.89. The first-order valence-electron chi connectivity index (χ1n) is 6.46. The van der Waals surface area contributed by atoms with E-state index in [1.165, 1.54) is 25.7 Å². The lowest BCUT2D eigenvalue weighted by Gasteiger charge is -2.29. The molecule has 0 radical (unpaired) electrons. The van der Waals surface area contributed by atoms with Crippen molar-refractivity contribution in [1.82, 2.24) is 0 Å². The Balaban J connectivity index is 1.73. The van der Waals surface area contributed by atoms with Gasteiger partial charge in [0.25, 0.3) is 0 Å². The van der Waals surface area contributed by atoms with E-state index in [1.807, 2.05) is 12.1 Å². The number of rotatable bonds is 4. The topological polar surface area (TPSA) is 33.4 Å². The maximum Gasteiger partial charge on any atom is 0.103 e. The van der Waals surface area contributed by atoms with E-state index < -0.39 is 0 Å². The maximum absolute atomic E-state index is 10.1. The van der Waals surface area contributed by atoms with E-state index in [0.717, 1.165) is 24.5 Å². The van der Waals surface area contributed by atoms with E-state index in [2.05, 4.69) is 6.92 Å². The first kappa shape index (κ1) is 11.7. The van der Waals surface area contributed by atoms with E-state index in [0.29, 0.717) is 5.92 Å². The lowest BCUT2D eigenvalue weighted by atomic mass is 9.79. The molecule has 1 aromatic heterocycles. The minimum Gasteiger partial charge on any atom is -0.469 e. The summed E-state index contributed by atoms with van der Waals surface area (Å²) in [6.07, 6.45) is 8.21. The highest BCUT2D eigenvalue weighted by molar-refractivity contribution is 4.98. The highest BCUT2D eigenvalue weighted by atomic mass is 16.3. The van der Waals surface area contributed by atoms with Gasteiger partial charge in [-0.25, -0.2) is 0 Å². The van der Waals surface area contributed by atoms with Gasteiger partial charge >= 0.3 is 0 Å². The molecule has 0 spiro atoms. The molecule has 1 aliphatic carbocycles. The molecule has 1 unspecified atom stereocenters. The van der Waals surface area contributed by atoms with Gasteiger partial charge in [0.05, 0.1) is 12.4 Å². The lowest BCUT2D eigenvalue weighted by molar-refractivity contribution is 0.0679. The van der Waals surface area contributed by atoms with Gasteiger partial charge in [-0.1, -0.05) is 19.8 Å². The van der Waals surface area contributed by atoms with Crippen LogP contribution in [-0.4, -0.2) is 11.2 Å². The van der Waals surface area contributed by atoms with Crippen LogP contribution < -0.4 is 0 Å². The summed E-state index contributed by atoms with van der Waals surface area (Å²) < 4.78 is 5.28. The van der Waals surface area contributed by atoms with E-state index in [4.69, 9.17) is 4.42 Å². The fraction of sp³-hybridized carbons (Fsp3) is 0.714. The summed E-state index contributed by atoms with van der Waals surface area (Å²) in [7, 11) is 0. The zero-order chi connectivity index (χ0) is 11.4. The standard InChI is InChI=1S/C14H22O2/c1-11-4-6-12(7-5-11)14(15)9-8-13-3-2-10-16-13/h2-3,10-12,14-15H,4-9H2,1H3. The number of aliphatic hydroxyl groups is 1. The molecule has 2 rings (SSSR count). The highest BCUT2D eigenvalue weighted by Crippen LogP contribution is 2.31. The molecule has 1 heterocycles. The summed E-state index contributed by atoms with van der Waals surface area (Å²) >= 11 is 0. The minimum atomic E-state index is -0.141. The van der Waals surface area contributed by atoms with E-state index in [1.54, 1.807) is 6.26 Å². The average Bonchev–Trinajstić information content (AvgIpc) is 2.80. The zero-order valence-electron chi connectivity index (χ0n) is 10.1. The van der Waals surface area contributed by atoms with Crippen molar-refractivity contribution in [1.29, 1.82) is 0 Å². The first-order chi connectivity index (χ1) is 7.75. The van der Waals surface area contributed by atoms with Crippen LogP contribution in [0.2, 0.25) is 0 Å². The second-order valence-corrected chi connectivity index (χ2v) is 5.21. The Morgan fingerprint density at radius 1 is 1.38 bits per heavy atom. The Morgan fingerprint density at radius 2 is 2.12 bits per heavy atom. The molecule has 0 aromatic carbocycles. The molecule has 0 bridgehead atoms. The van der Waals surface area contributed by atoms with E-state index in [-0.39, 0.29) is 6.10 Å². The summed E-state index contributed by atoms with van der Waals surface area (Å²) in [5.41, 5.74) is 0. The molecule has 2 nitrogen and oxygen atoms in total. The Bertz CT molecular complexity index is 284. The molecule has 1 aromatic rings. The molecular formula is C14H22O2. The van der Waals surface area contributed by atoms with E-state index >= 15 is 0 Å². The normalized spacial score (nSPS) is 27.9. The quantitative estimate of drug-likeness (QED) is 0.847. The van der Waals surface area contributed by atoms with Gasteiger partial charge < -0.3 is 9.52 Å². The van der Waals surface area contributed by atoms with Gasteiger partial charge in [0, 0.05) is 6.42 Å².